The lowest BCUT2D eigenvalue weighted by Gasteiger charge is -2.16. The smallest absolute Gasteiger partial charge is 0.418 e. The van der Waals surface area contributed by atoms with Gasteiger partial charge >= 0.3 is 6.18 Å². The van der Waals surface area contributed by atoms with Crippen LogP contribution < -0.4 is 4.74 Å². The molecule has 84 valence electrons. The predicted octanol–water partition coefficient (Wildman–Crippen LogP) is 1.82. The first kappa shape index (κ1) is 11.7. The highest BCUT2D eigenvalue weighted by molar-refractivity contribution is 5.29. The van der Waals surface area contributed by atoms with Gasteiger partial charge in [-0.1, -0.05) is 0 Å². The third-order valence-electron chi connectivity index (χ3n) is 1.64. The first-order valence-electron chi connectivity index (χ1n) is 3.80. The molecule has 0 aliphatic carbocycles. The largest absolute Gasteiger partial charge is 0.481 e. The van der Waals surface area contributed by atoms with Gasteiger partial charge in [0.2, 0.25) is 5.88 Å². The molecule has 0 saturated carbocycles. The summed E-state index contributed by atoms with van der Waals surface area (Å²) in [4.78, 5) is 3.27. The Balaban J connectivity index is 3.17. The molecule has 1 unspecified atom stereocenters. The molecule has 0 saturated heterocycles. The van der Waals surface area contributed by atoms with Gasteiger partial charge in [0.25, 0.3) is 0 Å². The lowest BCUT2D eigenvalue weighted by atomic mass is 10.1. The molecule has 0 bridgehead atoms. The van der Waals surface area contributed by atoms with E-state index in [1.54, 1.807) is 0 Å². The monoisotopic (exact) mass is 225 g/mol. The average Bonchev–Trinajstić information content (AvgIpc) is 2.15. The summed E-state index contributed by atoms with van der Waals surface area (Å²) in [7, 11) is 1.08. The summed E-state index contributed by atoms with van der Waals surface area (Å²) < 4.78 is 53.5. The van der Waals surface area contributed by atoms with Gasteiger partial charge in [-0.3, -0.25) is 0 Å². The number of nitrogens with zero attached hydrogens (tertiary/aromatic N) is 1. The van der Waals surface area contributed by atoms with Crippen molar-refractivity contribution in [3.8, 4) is 5.88 Å². The van der Waals surface area contributed by atoms with Gasteiger partial charge in [-0.2, -0.15) is 13.2 Å². The van der Waals surface area contributed by atoms with Crippen molar-refractivity contribution in [2.45, 2.75) is 12.3 Å². The van der Waals surface area contributed by atoms with E-state index in [1.165, 1.54) is 0 Å². The van der Waals surface area contributed by atoms with Crippen LogP contribution >= 0.6 is 0 Å². The quantitative estimate of drug-likeness (QED) is 0.780. The number of halogens is 4. The standard InChI is InChI=1S/C8H7F4NO2/c1-15-7-5(2-4(9)3-13-7)6(14)8(10,11)12/h2-3,6,14H,1H3. The van der Waals surface area contributed by atoms with E-state index >= 15 is 0 Å². The summed E-state index contributed by atoms with van der Waals surface area (Å²) in [5.41, 5.74) is -0.745. The Morgan fingerprint density at radius 3 is 2.53 bits per heavy atom. The molecule has 15 heavy (non-hydrogen) atoms. The van der Waals surface area contributed by atoms with Crippen molar-refractivity contribution >= 4 is 0 Å². The Morgan fingerprint density at radius 1 is 1.47 bits per heavy atom. The van der Waals surface area contributed by atoms with Crippen LogP contribution in [0.1, 0.15) is 11.7 Å². The van der Waals surface area contributed by atoms with Crippen molar-refractivity contribution in [3.05, 3.63) is 23.6 Å². The summed E-state index contributed by atoms with van der Waals surface area (Å²) in [6.45, 7) is 0. The molecule has 0 aliphatic heterocycles. The maximum absolute atomic E-state index is 12.6. The summed E-state index contributed by atoms with van der Waals surface area (Å²) in [6, 6.07) is 0.532. The van der Waals surface area contributed by atoms with Crippen molar-refractivity contribution in [2.75, 3.05) is 7.11 Å². The highest BCUT2D eigenvalue weighted by Crippen LogP contribution is 2.36. The van der Waals surface area contributed by atoms with Crippen molar-refractivity contribution in [3.63, 3.8) is 0 Å². The molecule has 1 rings (SSSR count). The van der Waals surface area contributed by atoms with Gasteiger partial charge in [-0.05, 0) is 6.07 Å². The number of aromatic nitrogens is 1. The highest BCUT2D eigenvalue weighted by atomic mass is 19.4. The first-order chi connectivity index (χ1) is 6.86. The van der Waals surface area contributed by atoms with Crippen LogP contribution in [0.2, 0.25) is 0 Å². The number of ether oxygens (including phenoxy) is 1. The minimum atomic E-state index is -4.89. The van der Waals surface area contributed by atoms with E-state index in [2.05, 4.69) is 9.72 Å². The van der Waals surface area contributed by atoms with Crippen LogP contribution in [0.3, 0.4) is 0 Å². The van der Waals surface area contributed by atoms with E-state index in [1.807, 2.05) is 0 Å². The molecule has 0 spiro atoms. The lowest BCUT2D eigenvalue weighted by molar-refractivity contribution is -0.207. The van der Waals surface area contributed by atoms with Gasteiger partial charge in [-0.25, -0.2) is 9.37 Å². The summed E-state index contributed by atoms with van der Waals surface area (Å²) >= 11 is 0. The summed E-state index contributed by atoms with van der Waals surface area (Å²) in [5.74, 6) is -1.43. The maximum atomic E-state index is 12.6. The fourth-order valence-electron chi connectivity index (χ4n) is 0.985. The normalized spacial score (nSPS) is 13.7. The van der Waals surface area contributed by atoms with Crippen LogP contribution in [0.5, 0.6) is 5.88 Å². The van der Waals surface area contributed by atoms with E-state index in [0.717, 1.165) is 7.11 Å². The van der Waals surface area contributed by atoms with E-state index < -0.39 is 29.5 Å². The number of aliphatic hydroxyl groups is 1. The second kappa shape index (κ2) is 4.01. The van der Waals surface area contributed by atoms with Crippen molar-refractivity contribution < 1.29 is 27.4 Å². The van der Waals surface area contributed by atoms with Crippen LogP contribution in [0.4, 0.5) is 17.6 Å². The molecule has 1 heterocycles. The molecule has 0 amide bonds. The van der Waals surface area contributed by atoms with E-state index in [4.69, 9.17) is 5.11 Å². The van der Waals surface area contributed by atoms with Gasteiger partial charge < -0.3 is 9.84 Å². The van der Waals surface area contributed by atoms with Gasteiger partial charge in [-0.15, -0.1) is 0 Å². The third-order valence-corrected chi connectivity index (χ3v) is 1.64. The Morgan fingerprint density at radius 2 is 2.07 bits per heavy atom. The summed E-state index contributed by atoms with van der Waals surface area (Å²) in [6.07, 6.45) is -7.00. The molecule has 3 nitrogen and oxygen atoms in total. The molecule has 1 aromatic heterocycles. The molecule has 0 radical (unpaired) electrons. The Kier molecular flexibility index (Phi) is 3.13. The molecule has 0 fully saturated rings. The SMILES string of the molecule is COc1ncc(F)cc1C(O)C(F)(F)F. The van der Waals surface area contributed by atoms with Gasteiger partial charge in [0.05, 0.1) is 18.9 Å². The summed E-state index contributed by atoms with van der Waals surface area (Å²) in [5, 5.41) is 8.88. The van der Waals surface area contributed by atoms with Crippen LogP contribution in [0.25, 0.3) is 0 Å². The average molecular weight is 225 g/mol. The van der Waals surface area contributed by atoms with Crippen molar-refractivity contribution in [1.29, 1.82) is 0 Å². The maximum Gasteiger partial charge on any atom is 0.418 e. The fraction of sp³-hybridized carbons (Fsp3) is 0.375. The third kappa shape index (κ3) is 2.56. The molecular formula is C8H7F4NO2. The number of pyridine rings is 1. The molecule has 1 N–H and O–H groups in total. The van der Waals surface area contributed by atoms with Gasteiger partial charge in [0, 0.05) is 0 Å². The second-order valence-electron chi connectivity index (χ2n) is 2.70. The molecule has 1 aromatic rings. The number of methoxy groups -OCH3 is 1. The zero-order valence-corrected chi connectivity index (χ0v) is 7.55. The van der Waals surface area contributed by atoms with E-state index in [-0.39, 0.29) is 0 Å². The molecule has 1 atom stereocenters. The van der Waals surface area contributed by atoms with Gasteiger partial charge in [0.1, 0.15) is 5.82 Å². The first-order valence-corrected chi connectivity index (χ1v) is 3.80. The molecule has 0 aromatic carbocycles. The van der Waals surface area contributed by atoms with Crippen LogP contribution in [0, 0.1) is 5.82 Å². The van der Waals surface area contributed by atoms with Crippen LogP contribution in [-0.4, -0.2) is 23.4 Å². The highest BCUT2D eigenvalue weighted by Gasteiger charge is 2.41. The minimum Gasteiger partial charge on any atom is -0.481 e. The number of alkyl halides is 3. The Hall–Kier alpha value is -1.37. The number of aliphatic hydroxyl groups excluding tert-OH is 1. The number of hydrogen-bond donors (Lipinski definition) is 1. The Bertz CT molecular complexity index is 353. The molecular weight excluding hydrogens is 218 g/mol. The number of hydrogen-bond acceptors (Lipinski definition) is 3. The van der Waals surface area contributed by atoms with Gasteiger partial charge in [0.15, 0.2) is 6.10 Å². The molecule has 7 heteroatoms. The zero-order chi connectivity index (χ0) is 11.6. The molecule has 0 aliphatic rings. The van der Waals surface area contributed by atoms with Crippen molar-refractivity contribution in [2.24, 2.45) is 0 Å². The number of rotatable bonds is 2. The minimum absolute atomic E-state index is 0.457. The van der Waals surface area contributed by atoms with Crippen LogP contribution in [0.15, 0.2) is 12.3 Å². The second-order valence-corrected chi connectivity index (χ2v) is 2.70. The Labute approximate surface area is 82.3 Å². The van der Waals surface area contributed by atoms with E-state index in [9.17, 15) is 17.6 Å². The zero-order valence-electron chi connectivity index (χ0n) is 7.55. The fourth-order valence-corrected chi connectivity index (χ4v) is 0.985. The van der Waals surface area contributed by atoms with Crippen molar-refractivity contribution in [1.82, 2.24) is 4.98 Å². The predicted molar refractivity (Wildman–Crippen MR) is 41.8 cm³/mol. The topological polar surface area (TPSA) is 42.4 Å². The van der Waals surface area contributed by atoms with Crippen LogP contribution in [-0.2, 0) is 0 Å². The van der Waals surface area contributed by atoms with E-state index in [0.29, 0.717) is 12.3 Å². The lowest BCUT2D eigenvalue weighted by Crippen LogP contribution is -2.21.